The Morgan fingerprint density at radius 3 is 2.65 bits per heavy atom. The average molecular weight is 341 g/mol. The van der Waals surface area contributed by atoms with Gasteiger partial charge < -0.3 is 14.2 Å². The molecule has 4 nitrogen and oxygen atoms in total. The van der Waals surface area contributed by atoms with Crippen molar-refractivity contribution in [3.8, 4) is 0 Å². The highest BCUT2D eigenvalue weighted by Gasteiger charge is 2.14. The van der Waals surface area contributed by atoms with Gasteiger partial charge in [0.25, 0.3) is 0 Å². The minimum absolute atomic E-state index is 0.361. The minimum Gasteiger partial charge on any atom is -0.462 e. The van der Waals surface area contributed by atoms with Crippen LogP contribution in [0.15, 0.2) is 80.6 Å². The molecule has 0 aliphatic rings. The fourth-order valence-electron chi connectivity index (χ4n) is 3.47. The molecular formula is C22H15NO3. The number of hydrogen-bond acceptors (Lipinski definition) is 4. The van der Waals surface area contributed by atoms with E-state index in [-0.39, 0.29) is 5.63 Å². The zero-order valence-electron chi connectivity index (χ0n) is 14.1. The molecule has 0 spiro atoms. The number of furan rings is 1. The highest BCUT2D eigenvalue weighted by molar-refractivity contribution is 6.11. The Morgan fingerprint density at radius 2 is 1.73 bits per heavy atom. The van der Waals surface area contributed by atoms with Crippen LogP contribution in [0.25, 0.3) is 32.7 Å². The summed E-state index contributed by atoms with van der Waals surface area (Å²) in [5, 5.41) is 7.39. The molecule has 4 heteroatoms. The van der Waals surface area contributed by atoms with Crippen LogP contribution in [0.4, 0.5) is 11.4 Å². The van der Waals surface area contributed by atoms with Gasteiger partial charge in [-0.1, -0.05) is 36.4 Å². The molecule has 5 aromatic rings. The van der Waals surface area contributed by atoms with E-state index in [9.17, 15) is 4.79 Å². The number of benzene rings is 3. The van der Waals surface area contributed by atoms with Gasteiger partial charge in [0.15, 0.2) is 5.58 Å². The summed E-state index contributed by atoms with van der Waals surface area (Å²) in [5.41, 5.74) is 3.49. The summed E-state index contributed by atoms with van der Waals surface area (Å²) in [5.74, 6) is 0. The topological polar surface area (TPSA) is 55.4 Å². The molecular weight excluding hydrogens is 326 g/mol. The molecule has 1 N–H and O–H groups in total. The average Bonchev–Trinajstić information content (AvgIpc) is 3.05. The van der Waals surface area contributed by atoms with Crippen molar-refractivity contribution in [3.05, 3.63) is 82.9 Å². The van der Waals surface area contributed by atoms with Crippen LogP contribution in [-0.2, 0) is 0 Å². The zero-order valence-corrected chi connectivity index (χ0v) is 14.1. The number of rotatable bonds is 2. The monoisotopic (exact) mass is 341 g/mol. The first kappa shape index (κ1) is 14.8. The van der Waals surface area contributed by atoms with E-state index in [1.165, 1.54) is 6.07 Å². The minimum atomic E-state index is -0.361. The van der Waals surface area contributed by atoms with Gasteiger partial charge in [-0.25, -0.2) is 4.79 Å². The zero-order chi connectivity index (χ0) is 17.7. The Morgan fingerprint density at radius 1 is 0.885 bits per heavy atom. The third kappa shape index (κ3) is 2.19. The van der Waals surface area contributed by atoms with E-state index >= 15 is 0 Å². The van der Waals surface area contributed by atoms with E-state index in [0.29, 0.717) is 11.2 Å². The largest absolute Gasteiger partial charge is 0.462 e. The van der Waals surface area contributed by atoms with E-state index in [0.717, 1.165) is 38.5 Å². The molecule has 0 aliphatic heterocycles. The van der Waals surface area contributed by atoms with Gasteiger partial charge >= 0.3 is 5.63 Å². The van der Waals surface area contributed by atoms with Crippen molar-refractivity contribution < 1.29 is 8.83 Å². The van der Waals surface area contributed by atoms with E-state index in [1.54, 1.807) is 6.26 Å². The third-order valence-electron chi connectivity index (χ3n) is 4.71. The third-order valence-corrected chi connectivity index (χ3v) is 4.71. The predicted molar refractivity (Wildman–Crippen MR) is 104 cm³/mol. The van der Waals surface area contributed by atoms with Crippen molar-refractivity contribution in [2.45, 2.75) is 6.92 Å². The molecule has 126 valence electrons. The van der Waals surface area contributed by atoms with Crippen molar-refractivity contribution in [1.29, 1.82) is 0 Å². The molecule has 26 heavy (non-hydrogen) atoms. The van der Waals surface area contributed by atoms with Gasteiger partial charge in [0.2, 0.25) is 0 Å². The summed E-state index contributed by atoms with van der Waals surface area (Å²) in [6.45, 7) is 1.91. The second kappa shape index (κ2) is 5.49. The highest BCUT2D eigenvalue weighted by atomic mass is 16.4. The molecule has 0 unspecified atom stereocenters. The van der Waals surface area contributed by atoms with Crippen molar-refractivity contribution in [2.75, 3.05) is 5.32 Å². The summed E-state index contributed by atoms with van der Waals surface area (Å²) in [6.07, 6.45) is 1.66. The van der Waals surface area contributed by atoms with E-state index < -0.39 is 0 Å². The van der Waals surface area contributed by atoms with Gasteiger partial charge in [-0.05, 0) is 36.1 Å². The van der Waals surface area contributed by atoms with Crippen LogP contribution in [0.5, 0.6) is 0 Å². The van der Waals surface area contributed by atoms with Gasteiger partial charge in [-0.3, -0.25) is 0 Å². The van der Waals surface area contributed by atoms with Gasteiger partial charge in [-0.15, -0.1) is 0 Å². The van der Waals surface area contributed by atoms with Crippen LogP contribution in [-0.4, -0.2) is 0 Å². The lowest BCUT2D eigenvalue weighted by atomic mass is 10.1. The molecule has 0 radical (unpaired) electrons. The first-order chi connectivity index (χ1) is 12.7. The summed E-state index contributed by atoms with van der Waals surface area (Å²) in [4.78, 5) is 11.9. The quantitative estimate of drug-likeness (QED) is 0.416. The standard InChI is InChI=1S/C22H15NO3/c1-13-11-20(24)26-22-15(13)9-10-19-21(22)18(12-25-19)23-17-8-4-6-14-5-2-3-7-16(14)17/h2-12,23H,1H3. The molecule has 3 aromatic carbocycles. The smallest absolute Gasteiger partial charge is 0.336 e. The molecule has 2 aromatic heterocycles. The Labute approximate surface area is 148 Å². The Kier molecular flexibility index (Phi) is 3.12. The van der Waals surface area contributed by atoms with E-state index in [1.807, 2.05) is 43.3 Å². The molecule has 0 atom stereocenters. The fraction of sp³-hybridized carbons (Fsp3) is 0.0455. The number of hydrogen-bond donors (Lipinski definition) is 1. The SMILES string of the molecule is Cc1cc(=O)oc2c1ccc1occ(Nc3cccc4ccccc34)c12. The van der Waals surface area contributed by atoms with Crippen molar-refractivity contribution in [2.24, 2.45) is 0 Å². The highest BCUT2D eigenvalue weighted by Crippen LogP contribution is 2.36. The van der Waals surface area contributed by atoms with Crippen LogP contribution >= 0.6 is 0 Å². The summed E-state index contributed by atoms with van der Waals surface area (Å²) in [6, 6.07) is 19.6. The first-order valence-corrected chi connectivity index (χ1v) is 8.40. The summed E-state index contributed by atoms with van der Waals surface area (Å²) >= 11 is 0. The molecule has 2 heterocycles. The van der Waals surface area contributed by atoms with Gasteiger partial charge in [0.1, 0.15) is 11.8 Å². The number of fused-ring (bicyclic) bond motifs is 4. The van der Waals surface area contributed by atoms with Crippen LogP contribution < -0.4 is 10.9 Å². The second-order valence-corrected chi connectivity index (χ2v) is 6.36. The maximum atomic E-state index is 11.9. The van der Waals surface area contributed by atoms with E-state index in [2.05, 4.69) is 23.5 Å². The molecule has 0 aliphatic carbocycles. The van der Waals surface area contributed by atoms with E-state index in [4.69, 9.17) is 8.83 Å². The summed E-state index contributed by atoms with van der Waals surface area (Å²) in [7, 11) is 0. The van der Waals surface area contributed by atoms with Gasteiger partial charge in [0.05, 0.1) is 11.1 Å². The van der Waals surface area contributed by atoms with Crippen molar-refractivity contribution in [3.63, 3.8) is 0 Å². The second-order valence-electron chi connectivity index (χ2n) is 6.36. The Hall–Kier alpha value is -3.53. The lowest BCUT2D eigenvalue weighted by Crippen LogP contribution is -1.98. The summed E-state index contributed by atoms with van der Waals surface area (Å²) < 4.78 is 11.2. The van der Waals surface area contributed by atoms with Crippen molar-refractivity contribution in [1.82, 2.24) is 0 Å². The molecule has 0 saturated heterocycles. The van der Waals surface area contributed by atoms with Crippen LogP contribution in [0.3, 0.4) is 0 Å². The fourth-order valence-corrected chi connectivity index (χ4v) is 3.47. The molecule has 0 fully saturated rings. The predicted octanol–water partition coefficient (Wildman–Crippen LogP) is 5.74. The molecule has 0 saturated carbocycles. The molecule has 5 rings (SSSR count). The lowest BCUT2D eigenvalue weighted by molar-refractivity contribution is 0.562. The van der Waals surface area contributed by atoms with Crippen LogP contribution in [0.2, 0.25) is 0 Å². The van der Waals surface area contributed by atoms with Crippen LogP contribution in [0.1, 0.15) is 5.56 Å². The lowest BCUT2D eigenvalue weighted by Gasteiger charge is -2.09. The van der Waals surface area contributed by atoms with Crippen molar-refractivity contribution >= 4 is 44.1 Å². The number of anilines is 2. The Bertz CT molecular complexity index is 1340. The maximum Gasteiger partial charge on any atom is 0.336 e. The van der Waals surface area contributed by atoms with Crippen LogP contribution in [0, 0.1) is 6.92 Å². The van der Waals surface area contributed by atoms with Gasteiger partial charge in [0, 0.05) is 22.5 Å². The maximum absolute atomic E-state index is 11.9. The number of nitrogens with one attached hydrogen (secondary N) is 1. The van der Waals surface area contributed by atoms with Gasteiger partial charge in [-0.2, -0.15) is 0 Å². The normalized spacial score (nSPS) is 11.4. The molecule has 0 bridgehead atoms. The molecule has 0 amide bonds. The first-order valence-electron chi connectivity index (χ1n) is 8.40. The Balaban J connectivity index is 1.77. The number of aryl methyl sites for hydroxylation is 1.